The minimum atomic E-state index is -2.78. The first kappa shape index (κ1) is 13.4. The number of hydrogen-bond acceptors (Lipinski definition) is 3. The zero-order valence-corrected chi connectivity index (χ0v) is 11.4. The molecule has 1 aromatic carbocycles. The van der Waals surface area contributed by atoms with E-state index in [1.165, 1.54) is 17.0 Å². The number of halogens is 2. The monoisotopic (exact) mass is 290 g/mol. The lowest BCUT2D eigenvalue weighted by Crippen LogP contribution is -2.20. The molecule has 0 amide bonds. The van der Waals surface area contributed by atoms with E-state index in [0.29, 0.717) is 5.69 Å². The second kappa shape index (κ2) is 4.76. The maximum Gasteiger partial charge on any atom is 0.300 e. The quantitative estimate of drug-likeness (QED) is 0.728. The van der Waals surface area contributed by atoms with Gasteiger partial charge in [0.1, 0.15) is 0 Å². The lowest BCUT2D eigenvalue weighted by atomic mass is 10.1. The van der Waals surface area contributed by atoms with Gasteiger partial charge in [-0.05, 0) is 37.1 Å². The van der Waals surface area contributed by atoms with E-state index in [1.807, 2.05) is 32.0 Å². The van der Waals surface area contributed by atoms with E-state index < -0.39 is 17.8 Å². The fraction of sp³-hybridized carbons (Fsp3) is 0.214. The van der Waals surface area contributed by atoms with Crippen LogP contribution in [0.5, 0.6) is 0 Å². The van der Waals surface area contributed by atoms with E-state index in [4.69, 9.17) is 0 Å². The summed E-state index contributed by atoms with van der Waals surface area (Å²) in [5.41, 5.74) is 2.08. The first-order valence-electron chi connectivity index (χ1n) is 6.30. The predicted molar refractivity (Wildman–Crippen MR) is 73.0 cm³/mol. The maximum atomic E-state index is 12.8. The third-order valence-electron chi connectivity index (χ3n) is 3.18. The van der Waals surface area contributed by atoms with Gasteiger partial charge in [0, 0.05) is 18.1 Å². The fourth-order valence-corrected chi connectivity index (χ4v) is 2.35. The van der Waals surface area contributed by atoms with Crippen LogP contribution in [0.2, 0.25) is 0 Å². The molecule has 0 aliphatic carbocycles. The standard InChI is InChI=1S/C14H12F2N4O/c1-8-5-9(2)7-10(6-8)19-3-4-20-12(11(15)16)17-18-13(20)14(19)21/h3-7,11H,1-2H3. The zero-order valence-electron chi connectivity index (χ0n) is 11.4. The summed E-state index contributed by atoms with van der Waals surface area (Å²) in [6.45, 7) is 3.85. The van der Waals surface area contributed by atoms with Crippen molar-refractivity contribution in [1.82, 2.24) is 19.2 Å². The lowest BCUT2D eigenvalue weighted by Gasteiger charge is -2.08. The SMILES string of the molecule is Cc1cc(C)cc(-n2ccn3c(C(F)F)nnc3c2=O)c1. The molecule has 5 nitrogen and oxygen atoms in total. The van der Waals surface area contributed by atoms with Crippen molar-refractivity contribution in [2.75, 3.05) is 0 Å². The summed E-state index contributed by atoms with van der Waals surface area (Å²) in [6.07, 6.45) is 0.0331. The molecule has 2 heterocycles. The molecule has 108 valence electrons. The van der Waals surface area contributed by atoms with Crippen molar-refractivity contribution >= 4 is 5.65 Å². The van der Waals surface area contributed by atoms with Gasteiger partial charge in [-0.2, -0.15) is 0 Å². The highest BCUT2D eigenvalue weighted by atomic mass is 19.3. The average Bonchev–Trinajstić information content (AvgIpc) is 2.82. The highest BCUT2D eigenvalue weighted by Gasteiger charge is 2.18. The molecule has 0 fully saturated rings. The number of alkyl halides is 2. The summed E-state index contributed by atoms with van der Waals surface area (Å²) in [5, 5.41) is 6.95. The average molecular weight is 290 g/mol. The van der Waals surface area contributed by atoms with Crippen LogP contribution in [0.3, 0.4) is 0 Å². The van der Waals surface area contributed by atoms with Gasteiger partial charge in [0.15, 0.2) is 0 Å². The van der Waals surface area contributed by atoms with Crippen molar-refractivity contribution < 1.29 is 8.78 Å². The van der Waals surface area contributed by atoms with Crippen LogP contribution < -0.4 is 5.56 Å². The third-order valence-corrected chi connectivity index (χ3v) is 3.18. The highest BCUT2D eigenvalue weighted by Crippen LogP contribution is 2.17. The number of hydrogen-bond donors (Lipinski definition) is 0. The first-order valence-corrected chi connectivity index (χ1v) is 6.30. The van der Waals surface area contributed by atoms with Crippen LogP contribution in [-0.4, -0.2) is 19.2 Å². The number of aromatic nitrogens is 4. The summed E-state index contributed by atoms with van der Waals surface area (Å²) in [6, 6.07) is 5.67. The fourth-order valence-electron chi connectivity index (χ4n) is 2.35. The van der Waals surface area contributed by atoms with Gasteiger partial charge in [0.2, 0.25) is 11.5 Å². The smallest absolute Gasteiger partial charge is 0.280 e. The van der Waals surface area contributed by atoms with Gasteiger partial charge in [-0.25, -0.2) is 8.78 Å². The largest absolute Gasteiger partial charge is 0.300 e. The molecule has 3 aromatic rings. The second-order valence-corrected chi connectivity index (χ2v) is 4.87. The maximum absolute atomic E-state index is 12.8. The number of aryl methyl sites for hydroxylation is 2. The summed E-state index contributed by atoms with van der Waals surface area (Å²) < 4.78 is 27.9. The van der Waals surface area contributed by atoms with E-state index in [2.05, 4.69) is 10.2 Å². The summed E-state index contributed by atoms with van der Waals surface area (Å²) in [4.78, 5) is 12.4. The van der Waals surface area contributed by atoms with Crippen LogP contribution in [0.1, 0.15) is 23.4 Å². The van der Waals surface area contributed by atoms with Gasteiger partial charge in [-0.15, -0.1) is 10.2 Å². The molecule has 0 N–H and O–H groups in total. The summed E-state index contributed by atoms with van der Waals surface area (Å²) in [5.74, 6) is -0.533. The van der Waals surface area contributed by atoms with Crippen molar-refractivity contribution in [3.63, 3.8) is 0 Å². The van der Waals surface area contributed by atoms with Crippen molar-refractivity contribution in [3.05, 3.63) is 57.9 Å². The summed E-state index contributed by atoms with van der Waals surface area (Å²) >= 11 is 0. The predicted octanol–water partition coefficient (Wildman–Crippen LogP) is 2.43. The number of nitrogens with zero attached hydrogens (tertiary/aromatic N) is 4. The molecule has 0 spiro atoms. The molecule has 0 bridgehead atoms. The van der Waals surface area contributed by atoms with Crippen LogP contribution in [0.15, 0.2) is 35.4 Å². The molecule has 2 aromatic heterocycles. The van der Waals surface area contributed by atoms with E-state index >= 15 is 0 Å². The molecule has 21 heavy (non-hydrogen) atoms. The molecule has 7 heteroatoms. The lowest BCUT2D eigenvalue weighted by molar-refractivity contribution is 0.139. The Morgan fingerprint density at radius 2 is 1.71 bits per heavy atom. The Kier molecular flexibility index (Phi) is 3.04. The van der Waals surface area contributed by atoms with E-state index in [9.17, 15) is 13.6 Å². The molecule has 0 saturated carbocycles. The molecular formula is C14H12F2N4O. The number of fused-ring (bicyclic) bond motifs is 1. The Hall–Kier alpha value is -2.57. The van der Waals surface area contributed by atoms with Gasteiger partial charge < -0.3 is 0 Å². The topological polar surface area (TPSA) is 52.2 Å². The van der Waals surface area contributed by atoms with Gasteiger partial charge in [-0.1, -0.05) is 6.07 Å². The Balaban J connectivity index is 2.26. The Morgan fingerprint density at radius 1 is 1.05 bits per heavy atom. The minimum Gasteiger partial charge on any atom is -0.280 e. The molecule has 0 aliphatic heterocycles. The molecule has 0 aliphatic rings. The Labute approximate surface area is 118 Å². The van der Waals surface area contributed by atoms with Crippen LogP contribution in [0, 0.1) is 13.8 Å². The molecule has 3 rings (SSSR count). The second-order valence-electron chi connectivity index (χ2n) is 4.87. The highest BCUT2D eigenvalue weighted by molar-refractivity contribution is 5.43. The van der Waals surface area contributed by atoms with Gasteiger partial charge in [-0.3, -0.25) is 13.8 Å². The Morgan fingerprint density at radius 3 is 2.33 bits per heavy atom. The van der Waals surface area contributed by atoms with Crippen LogP contribution >= 0.6 is 0 Å². The summed E-state index contributed by atoms with van der Waals surface area (Å²) in [7, 11) is 0. The first-order chi connectivity index (χ1) is 9.97. The van der Waals surface area contributed by atoms with Gasteiger partial charge in [0.05, 0.1) is 0 Å². The molecule has 0 saturated heterocycles. The minimum absolute atomic E-state index is 0.119. The van der Waals surface area contributed by atoms with Gasteiger partial charge in [0.25, 0.3) is 6.43 Å². The Bertz CT molecular complexity index is 862. The molecule has 0 atom stereocenters. The number of rotatable bonds is 2. The number of benzene rings is 1. The molecule has 0 radical (unpaired) electrons. The zero-order chi connectivity index (χ0) is 15.1. The van der Waals surface area contributed by atoms with Crippen LogP contribution in [-0.2, 0) is 0 Å². The van der Waals surface area contributed by atoms with Crippen molar-refractivity contribution in [2.24, 2.45) is 0 Å². The molecular weight excluding hydrogens is 278 g/mol. The van der Waals surface area contributed by atoms with E-state index in [-0.39, 0.29) is 5.65 Å². The normalized spacial score (nSPS) is 11.5. The van der Waals surface area contributed by atoms with E-state index in [0.717, 1.165) is 15.5 Å². The van der Waals surface area contributed by atoms with Crippen molar-refractivity contribution in [1.29, 1.82) is 0 Å². The van der Waals surface area contributed by atoms with Crippen molar-refractivity contribution in [3.8, 4) is 5.69 Å². The van der Waals surface area contributed by atoms with E-state index in [1.54, 1.807) is 0 Å². The molecule has 0 unspecified atom stereocenters. The van der Waals surface area contributed by atoms with Crippen LogP contribution in [0.4, 0.5) is 8.78 Å². The third kappa shape index (κ3) is 2.20. The van der Waals surface area contributed by atoms with Crippen molar-refractivity contribution in [2.45, 2.75) is 20.3 Å². The van der Waals surface area contributed by atoms with Crippen LogP contribution in [0.25, 0.3) is 11.3 Å². The van der Waals surface area contributed by atoms with Gasteiger partial charge >= 0.3 is 5.56 Å².